The molecule has 0 aliphatic carbocycles. The van der Waals surface area contributed by atoms with Crippen molar-refractivity contribution in [3.8, 4) is 22.6 Å². The summed E-state index contributed by atoms with van der Waals surface area (Å²) in [5, 5.41) is 0. The van der Waals surface area contributed by atoms with Gasteiger partial charge in [-0.2, -0.15) is 0 Å². The second kappa shape index (κ2) is 11.5. The van der Waals surface area contributed by atoms with Gasteiger partial charge in [0.05, 0.1) is 24.7 Å². The van der Waals surface area contributed by atoms with E-state index in [2.05, 4.69) is 67.8 Å². The Morgan fingerprint density at radius 1 is 0.970 bits per heavy atom. The summed E-state index contributed by atoms with van der Waals surface area (Å²) in [6.45, 7) is 0.0136. The van der Waals surface area contributed by atoms with Crippen molar-refractivity contribution in [1.29, 1.82) is 0 Å². The molecule has 0 radical (unpaired) electrons. The van der Waals surface area contributed by atoms with E-state index in [-0.39, 0.29) is 23.7 Å². The highest BCUT2D eigenvalue weighted by molar-refractivity contribution is 14.1. The van der Waals surface area contributed by atoms with Crippen molar-refractivity contribution in [1.82, 2.24) is 0 Å². The summed E-state index contributed by atoms with van der Waals surface area (Å²) in [5.41, 5.74) is 1.24. The normalized spacial score (nSPS) is 11.2. The summed E-state index contributed by atoms with van der Waals surface area (Å²) in [6.07, 6.45) is 0. The van der Waals surface area contributed by atoms with Crippen molar-refractivity contribution in [2.24, 2.45) is 0 Å². The first-order chi connectivity index (χ1) is 15.6. The molecule has 7 nitrogen and oxygen atoms in total. The standard InChI is InChI=1S/C22H17I3O7S/c1-30-21-17(24)12-16(23)19(20(21)25)22(26)32-10-9-31-14-7-8-18(33(27,28)29)15(11-14)13-5-3-2-4-6-13/h2-8,11-12H,9-10H2,1H3,(H,27,28,29)/p-1. The van der Waals surface area contributed by atoms with Crippen molar-refractivity contribution >= 4 is 83.9 Å². The summed E-state index contributed by atoms with van der Waals surface area (Å²) < 4.78 is 53.7. The second-order valence-electron chi connectivity index (χ2n) is 6.52. The van der Waals surface area contributed by atoms with Gasteiger partial charge in [-0.1, -0.05) is 30.3 Å². The smallest absolute Gasteiger partial charge is 0.340 e. The number of hydrogen-bond donors (Lipinski definition) is 0. The molecule has 11 heteroatoms. The highest BCUT2D eigenvalue weighted by Gasteiger charge is 2.21. The third-order valence-corrected chi connectivity index (χ3v) is 8.00. The number of benzene rings is 3. The maximum absolute atomic E-state index is 12.6. The lowest BCUT2D eigenvalue weighted by Crippen LogP contribution is -2.15. The maximum atomic E-state index is 12.6. The van der Waals surface area contributed by atoms with E-state index in [1.807, 2.05) is 6.07 Å². The van der Waals surface area contributed by atoms with Crippen LogP contribution in [0.1, 0.15) is 10.4 Å². The van der Waals surface area contributed by atoms with E-state index in [1.54, 1.807) is 37.4 Å². The number of carbonyl (C=O) groups excluding carboxylic acids is 1. The third-order valence-electron chi connectivity index (χ3n) is 4.43. The fourth-order valence-corrected chi connectivity index (χ4v) is 7.91. The largest absolute Gasteiger partial charge is 0.744 e. The van der Waals surface area contributed by atoms with E-state index < -0.39 is 16.1 Å². The van der Waals surface area contributed by atoms with Crippen LogP contribution in [0.4, 0.5) is 0 Å². The Kier molecular flexibility index (Phi) is 9.22. The molecule has 0 aliphatic heterocycles. The van der Waals surface area contributed by atoms with E-state index in [1.165, 1.54) is 18.2 Å². The van der Waals surface area contributed by atoms with E-state index in [0.29, 0.717) is 26.2 Å². The Morgan fingerprint density at radius 2 is 1.67 bits per heavy atom. The van der Waals surface area contributed by atoms with Gasteiger partial charge < -0.3 is 18.8 Å². The number of ether oxygens (including phenoxy) is 3. The minimum absolute atomic E-state index is 0.0262. The van der Waals surface area contributed by atoms with Crippen molar-refractivity contribution in [3.05, 3.63) is 70.9 Å². The molecule has 0 spiro atoms. The van der Waals surface area contributed by atoms with Crippen LogP contribution in [0.5, 0.6) is 11.5 Å². The Balaban J connectivity index is 1.71. The summed E-state index contributed by atoms with van der Waals surface area (Å²) in [4.78, 5) is 12.3. The molecule has 0 aliphatic rings. The lowest BCUT2D eigenvalue weighted by atomic mass is 10.1. The van der Waals surface area contributed by atoms with E-state index in [9.17, 15) is 17.8 Å². The number of esters is 1. The maximum Gasteiger partial charge on any atom is 0.340 e. The lowest BCUT2D eigenvalue weighted by molar-refractivity contribution is 0.0447. The van der Waals surface area contributed by atoms with Crippen molar-refractivity contribution in [2.45, 2.75) is 4.90 Å². The molecule has 0 bridgehead atoms. The van der Waals surface area contributed by atoms with Crippen LogP contribution in [0, 0.1) is 10.7 Å². The molecule has 0 amide bonds. The zero-order valence-electron chi connectivity index (χ0n) is 17.0. The van der Waals surface area contributed by atoms with E-state index in [0.717, 1.165) is 7.14 Å². The molecule has 33 heavy (non-hydrogen) atoms. The molecule has 0 atom stereocenters. The van der Waals surface area contributed by atoms with Crippen LogP contribution in [-0.2, 0) is 14.9 Å². The van der Waals surface area contributed by atoms with Crippen LogP contribution in [0.2, 0.25) is 0 Å². The summed E-state index contributed by atoms with van der Waals surface area (Å²) in [7, 11) is -3.13. The first-order valence-corrected chi connectivity index (χ1v) is 13.9. The average Bonchev–Trinajstić information content (AvgIpc) is 2.76. The van der Waals surface area contributed by atoms with Gasteiger partial charge in [0.2, 0.25) is 0 Å². The molecule has 3 aromatic carbocycles. The Labute approximate surface area is 232 Å². The molecule has 0 fully saturated rings. The molecule has 0 heterocycles. The summed E-state index contributed by atoms with van der Waals surface area (Å²) in [6, 6.07) is 14.6. The Bertz CT molecular complexity index is 1280. The number of halogens is 3. The average molecular weight is 805 g/mol. The third kappa shape index (κ3) is 6.49. The zero-order valence-corrected chi connectivity index (χ0v) is 24.3. The Hall–Kier alpha value is -1.17. The lowest BCUT2D eigenvalue weighted by Gasteiger charge is -2.16. The van der Waals surface area contributed by atoms with Gasteiger partial charge in [0.1, 0.15) is 34.8 Å². The fraction of sp³-hybridized carbons (Fsp3) is 0.136. The molecule has 0 N–H and O–H groups in total. The quantitative estimate of drug-likeness (QED) is 0.132. The first kappa shape index (κ1) is 26.4. The summed E-state index contributed by atoms with van der Waals surface area (Å²) >= 11 is 6.27. The first-order valence-electron chi connectivity index (χ1n) is 9.30. The monoisotopic (exact) mass is 805 g/mol. The number of carbonyl (C=O) groups is 1. The minimum atomic E-state index is -4.67. The number of hydrogen-bond acceptors (Lipinski definition) is 7. The van der Waals surface area contributed by atoms with Gasteiger partial charge >= 0.3 is 5.97 Å². The van der Waals surface area contributed by atoms with Crippen molar-refractivity contribution in [2.75, 3.05) is 20.3 Å². The van der Waals surface area contributed by atoms with Crippen LogP contribution in [0.15, 0.2) is 59.5 Å². The SMILES string of the molecule is COc1c(I)cc(I)c(C(=O)OCCOc2ccc(S(=O)(=O)[O-])c(-c3ccccc3)c2)c1I. The molecule has 0 saturated heterocycles. The highest BCUT2D eigenvalue weighted by Crippen LogP contribution is 2.34. The van der Waals surface area contributed by atoms with Gasteiger partial charge in [-0.05, 0) is 97.6 Å². The van der Waals surface area contributed by atoms with Gasteiger partial charge in [0.15, 0.2) is 0 Å². The molecule has 3 rings (SSSR count). The molecule has 0 aromatic heterocycles. The van der Waals surface area contributed by atoms with Gasteiger partial charge in [-0.3, -0.25) is 0 Å². The van der Waals surface area contributed by atoms with E-state index >= 15 is 0 Å². The van der Waals surface area contributed by atoms with Crippen LogP contribution in [0.25, 0.3) is 11.1 Å². The molecule has 3 aromatic rings. The van der Waals surface area contributed by atoms with Crippen molar-refractivity contribution in [3.63, 3.8) is 0 Å². The predicted molar refractivity (Wildman–Crippen MR) is 147 cm³/mol. The van der Waals surface area contributed by atoms with Crippen LogP contribution in [-0.4, -0.2) is 39.3 Å². The van der Waals surface area contributed by atoms with Gasteiger partial charge in [-0.15, -0.1) is 0 Å². The van der Waals surface area contributed by atoms with Gasteiger partial charge in [0, 0.05) is 9.13 Å². The number of rotatable bonds is 8. The highest BCUT2D eigenvalue weighted by atomic mass is 127. The number of methoxy groups -OCH3 is 1. The van der Waals surface area contributed by atoms with Crippen LogP contribution < -0.4 is 9.47 Å². The van der Waals surface area contributed by atoms with E-state index in [4.69, 9.17) is 14.2 Å². The minimum Gasteiger partial charge on any atom is -0.744 e. The molecule has 0 unspecified atom stereocenters. The van der Waals surface area contributed by atoms with Crippen LogP contribution in [0.3, 0.4) is 0 Å². The zero-order chi connectivity index (χ0) is 24.2. The van der Waals surface area contributed by atoms with Crippen molar-refractivity contribution < 1.29 is 32.0 Å². The topological polar surface area (TPSA) is 102 Å². The Morgan fingerprint density at radius 3 is 2.30 bits per heavy atom. The molecular formula is C22H16I3O7S-. The fourth-order valence-electron chi connectivity index (χ4n) is 2.97. The molecule has 174 valence electrons. The van der Waals surface area contributed by atoms with Gasteiger partial charge in [0.25, 0.3) is 0 Å². The second-order valence-corrected chi connectivity index (χ2v) is 11.3. The van der Waals surface area contributed by atoms with Crippen LogP contribution >= 0.6 is 67.8 Å². The summed E-state index contributed by atoms with van der Waals surface area (Å²) in [5.74, 6) is 0.457. The predicted octanol–water partition coefficient (Wildman–Crippen LogP) is 5.32. The molecular weight excluding hydrogens is 789 g/mol. The van der Waals surface area contributed by atoms with Gasteiger partial charge in [-0.25, -0.2) is 13.2 Å². The molecule has 0 saturated carbocycles.